The van der Waals surface area contributed by atoms with Gasteiger partial charge in [-0.2, -0.15) is 9.61 Å². The van der Waals surface area contributed by atoms with Crippen molar-refractivity contribution in [3.8, 4) is 5.82 Å². The van der Waals surface area contributed by atoms with Gasteiger partial charge in [0.05, 0.1) is 10.6 Å². The third-order valence-electron chi connectivity index (χ3n) is 7.24. The Labute approximate surface area is 220 Å². The van der Waals surface area contributed by atoms with Crippen LogP contribution in [0.2, 0.25) is 0 Å². The number of hydrogen-bond donors (Lipinski definition) is 0. The molecule has 0 saturated carbocycles. The number of amides is 1. The quantitative estimate of drug-likeness (QED) is 0.270. The number of nitro benzene ring substituents is 1. The Balaban J connectivity index is 1.17. The average molecular weight is 518 g/mol. The van der Waals surface area contributed by atoms with Gasteiger partial charge in [0.2, 0.25) is 5.91 Å². The van der Waals surface area contributed by atoms with E-state index in [1.54, 1.807) is 17.5 Å². The summed E-state index contributed by atoms with van der Waals surface area (Å²) in [6, 6.07) is 9.00. The van der Waals surface area contributed by atoms with Crippen LogP contribution in [0.15, 0.2) is 30.3 Å². The molecule has 0 aliphatic carbocycles. The molecule has 1 saturated heterocycles. The lowest BCUT2D eigenvalue weighted by Gasteiger charge is -2.35. The maximum Gasteiger partial charge on any atom is 0.272 e. The lowest BCUT2D eigenvalue weighted by atomic mass is 10.1. The second-order valence-corrected chi connectivity index (χ2v) is 9.80. The first-order chi connectivity index (χ1) is 18.2. The van der Waals surface area contributed by atoms with E-state index < -0.39 is 0 Å². The molecule has 0 radical (unpaired) electrons. The van der Waals surface area contributed by atoms with Crippen molar-refractivity contribution in [2.45, 2.75) is 47.1 Å². The zero-order chi connectivity index (χ0) is 27.0. The summed E-state index contributed by atoms with van der Waals surface area (Å²) >= 11 is 0. The standard InChI is InChI=1S/C26H31N9O3/c1-17-15-21(5-7-23(17)35(37)38)16-31-11-13-32(14-12-31)26(36)10-6-22-18(2)29-33(19(22)3)25-9-8-24-28-27-20(4)34(24)30-25/h5,7-9,15H,6,10-14,16H2,1-4H3. The number of aromatic nitrogens is 6. The van der Waals surface area contributed by atoms with Gasteiger partial charge >= 0.3 is 0 Å². The van der Waals surface area contributed by atoms with E-state index in [0.29, 0.717) is 55.3 Å². The summed E-state index contributed by atoms with van der Waals surface area (Å²) in [5.41, 5.74) is 5.46. The third kappa shape index (κ3) is 4.99. The summed E-state index contributed by atoms with van der Waals surface area (Å²) in [5.74, 6) is 1.53. The lowest BCUT2D eigenvalue weighted by Crippen LogP contribution is -2.48. The van der Waals surface area contributed by atoms with Crippen molar-refractivity contribution in [3.05, 3.63) is 74.3 Å². The van der Waals surface area contributed by atoms with Crippen molar-refractivity contribution < 1.29 is 9.72 Å². The number of carbonyl (C=O) groups excluding carboxylic acids is 1. The van der Waals surface area contributed by atoms with Gasteiger partial charge in [0, 0.05) is 56.5 Å². The predicted molar refractivity (Wildman–Crippen MR) is 140 cm³/mol. The van der Waals surface area contributed by atoms with E-state index in [4.69, 9.17) is 5.10 Å². The van der Waals surface area contributed by atoms with Crippen molar-refractivity contribution in [1.29, 1.82) is 0 Å². The molecule has 5 rings (SSSR count). The Hall–Kier alpha value is -4.19. The highest BCUT2D eigenvalue weighted by Crippen LogP contribution is 2.21. The topological polar surface area (TPSA) is 128 Å². The highest BCUT2D eigenvalue weighted by Gasteiger charge is 2.23. The van der Waals surface area contributed by atoms with Gasteiger partial charge in [0.1, 0.15) is 0 Å². The van der Waals surface area contributed by atoms with Crippen molar-refractivity contribution in [2.75, 3.05) is 26.2 Å². The van der Waals surface area contributed by atoms with Crippen LogP contribution in [0.5, 0.6) is 0 Å². The van der Waals surface area contributed by atoms with Gasteiger partial charge in [0.15, 0.2) is 17.3 Å². The number of fused-ring (bicyclic) bond motifs is 1. The fourth-order valence-corrected chi connectivity index (χ4v) is 5.08. The minimum Gasteiger partial charge on any atom is -0.340 e. The van der Waals surface area contributed by atoms with Crippen molar-refractivity contribution in [2.24, 2.45) is 0 Å². The Morgan fingerprint density at radius 3 is 2.47 bits per heavy atom. The van der Waals surface area contributed by atoms with Gasteiger partial charge in [-0.1, -0.05) is 6.07 Å². The summed E-state index contributed by atoms with van der Waals surface area (Å²) < 4.78 is 3.50. The molecule has 12 heteroatoms. The summed E-state index contributed by atoms with van der Waals surface area (Å²) in [5, 5.41) is 28.5. The molecule has 4 heterocycles. The van der Waals surface area contributed by atoms with Crippen LogP contribution >= 0.6 is 0 Å². The van der Waals surface area contributed by atoms with Crippen LogP contribution in [0, 0.1) is 37.8 Å². The highest BCUT2D eigenvalue weighted by atomic mass is 16.6. The number of carbonyl (C=O) groups is 1. The third-order valence-corrected chi connectivity index (χ3v) is 7.24. The molecule has 1 fully saturated rings. The summed E-state index contributed by atoms with van der Waals surface area (Å²) in [6.45, 7) is 11.2. The Kier molecular flexibility index (Phi) is 6.89. The Morgan fingerprint density at radius 1 is 1.00 bits per heavy atom. The molecule has 0 unspecified atom stereocenters. The van der Waals surface area contributed by atoms with Crippen LogP contribution < -0.4 is 0 Å². The molecule has 0 spiro atoms. The molecule has 1 amide bonds. The number of nitrogens with zero attached hydrogens (tertiary/aromatic N) is 9. The monoisotopic (exact) mass is 517 g/mol. The van der Waals surface area contributed by atoms with Gasteiger partial charge in [0.25, 0.3) is 5.69 Å². The fraction of sp³-hybridized carbons (Fsp3) is 0.423. The molecule has 3 aromatic heterocycles. The molecule has 0 N–H and O–H groups in total. The van der Waals surface area contributed by atoms with Gasteiger partial charge in [-0.15, -0.1) is 15.3 Å². The maximum absolute atomic E-state index is 13.0. The fourth-order valence-electron chi connectivity index (χ4n) is 5.08. The van der Waals surface area contributed by atoms with Crippen LogP contribution in [0.25, 0.3) is 11.5 Å². The minimum absolute atomic E-state index is 0.141. The number of aryl methyl sites for hydroxylation is 3. The average Bonchev–Trinajstić information content (AvgIpc) is 3.40. The molecule has 38 heavy (non-hydrogen) atoms. The number of rotatable bonds is 7. The van der Waals surface area contributed by atoms with Gasteiger partial charge in [-0.25, -0.2) is 4.68 Å². The number of piperazine rings is 1. The molecular formula is C26H31N9O3. The van der Waals surface area contributed by atoms with Gasteiger partial charge < -0.3 is 4.90 Å². The second kappa shape index (κ2) is 10.3. The zero-order valence-electron chi connectivity index (χ0n) is 22.1. The molecule has 12 nitrogen and oxygen atoms in total. The Bertz CT molecular complexity index is 1520. The molecule has 0 bridgehead atoms. The lowest BCUT2D eigenvalue weighted by molar-refractivity contribution is -0.385. The number of benzene rings is 1. The van der Waals surface area contributed by atoms with E-state index in [9.17, 15) is 14.9 Å². The first-order valence-electron chi connectivity index (χ1n) is 12.7. The van der Waals surface area contributed by atoms with Crippen LogP contribution in [-0.2, 0) is 17.8 Å². The molecular weight excluding hydrogens is 486 g/mol. The number of nitro groups is 1. The smallest absolute Gasteiger partial charge is 0.272 e. The highest BCUT2D eigenvalue weighted by molar-refractivity contribution is 5.76. The van der Waals surface area contributed by atoms with Crippen molar-refractivity contribution >= 4 is 17.2 Å². The Morgan fingerprint density at radius 2 is 1.76 bits per heavy atom. The molecule has 1 aliphatic rings. The predicted octanol–water partition coefficient (Wildman–Crippen LogP) is 2.73. The van der Waals surface area contributed by atoms with Gasteiger partial charge in [-0.3, -0.25) is 19.8 Å². The summed E-state index contributed by atoms with van der Waals surface area (Å²) in [4.78, 5) is 27.9. The van der Waals surface area contributed by atoms with E-state index in [1.807, 2.05) is 54.6 Å². The molecule has 198 valence electrons. The minimum atomic E-state index is -0.354. The normalized spacial score (nSPS) is 14.4. The van der Waals surface area contributed by atoms with Crippen LogP contribution in [0.3, 0.4) is 0 Å². The SMILES string of the molecule is Cc1cc(CN2CCN(C(=O)CCc3c(C)nn(-c4ccc5nnc(C)n5n4)c3C)CC2)ccc1[N+](=O)[O-]. The largest absolute Gasteiger partial charge is 0.340 e. The van der Waals surface area contributed by atoms with E-state index in [2.05, 4.69) is 20.2 Å². The van der Waals surface area contributed by atoms with Crippen molar-refractivity contribution in [1.82, 2.24) is 39.4 Å². The van der Waals surface area contributed by atoms with E-state index in [0.717, 1.165) is 35.6 Å². The molecule has 1 aromatic carbocycles. The first-order valence-corrected chi connectivity index (χ1v) is 12.7. The van der Waals surface area contributed by atoms with Crippen LogP contribution in [-0.4, -0.2) is 76.4 Å². The summed E-state index contributed by atoms with van der Waals surface area (Å²) in [6.07, 6.45) is 1.04. The molecule has 0 atom stereocenters. The second-order valence-electron chi connectivity index (χ2n) is 9.80. The van der Waals surface area contributed by atoms with Crippen molar-refractivity contribution in [3.63, 3.8) is 0 Å². The zero-order valence-corrected chi connectivity index (χ0v) is 22.1. The maximum atomic E-state index is 13.0. The van der Waals surface area contributed by atoms with Gasteiger partial charge in [-0.05, 0) is 63.4 Å². The van der Waals surface area contributed by atoms with E-state index >= 15 is 0 Å². The number of hydrogen-bond acceptors (Lipinski definition) is 8. The van der Waals surface area contributed by atoms with E-state index in [-0.39, 0.29) is 16.5 Å². The molecule has 4 aromatic rings. The van der Waals surface area contributed by atoms with E-state index in [1.165, 1.54) is 0 Å². The first kappa shape index (κ1) is 25.5. The van der Waals surface area contributed by atoms with Crippen LogP contribution in [0.4, 0.5) is 5.69 Å². The van der Waals surface area contributed by atoms with Crippen LogP contribution in [0.1, 0.15) is 40.3 Å². The molecule has 1 aliphatic heterocycles. The summed E-state index contributed by atoms with van der Waals surface area (Å²) in [7, 11) is 0.